The molecule has 258 valence electrons. The van der Waals surface area contributed by atoms with Gasteiger partial charge in [-0.2, -0.15) is 0 Å². The predicted molar refractivity (Wildman–Crippen MR) is 226 cm³/mol. The summed E-state index contributed by atoms with van der Waals surface area (Å²) in [4.78, 5) is 10.5. The first kappa shape index (κ1) is 31.6. The highest BCUT2D eigenvalue weighted by Gasteiger charge is 2.51. The number of nitrogens with zero attached hydrogens (tertiary/aromatic N) is 2. The summed E-state index contributed by atoms with van der Waals surface area (Å²) in [6.45, 7) is 0. The van der Waals surface area contributed by atoms with E-state index in [0.29, 0.717) is 0 Å². The van der Waals surface area contributed by atoms with Crippen LogP contribution in [0.4, 0.5) is 0 Å². The number of fused-ring (bicyclic) bond motifs is 10. The highest BCUT2D eigenvalue weighted by Crippen LogP contribution is 2.63. The third kappa shape index (κ3) is 4.88. The molecular weight excluding hydrogens is 665 g/mol. The molecule has 1 heterocycles. The smallest absolute Gasteiger partial charge is 0.160 e. The first-order valence-corrected chi connectivity index (χ1v) is 19.2. The van der Waals surface area contributed by atoms with Crippen LogP contribution in [-0.4, -0.2) is 9.97 Å². The van der Waals surface area contributed by atoms with Gasteiger partial charge in [-0.15, -0.1) is 0 Å². The van der Waals surface area contributed by atoms with E-state index in [1.807, 2.05) is 6.07 Å². The Balaban J connectivity index is 1.10. The molecule has 0 N–H and O–H groups in total. The van der Waals surface area contributed by atoms with Crippen molar-refractivity contribution >= 4 is 11.1 Å². The lowest BCUT2D eigenvalue weighted by molar-refractivity contribution is 0.794. The van der Waals surface area contributed by atoms with Gasteiger partial charge in [0.1, 0.15) is 0 Å². The summed E-state index contributed by atoms with van der Waals surface area (Å²) in [5.41, 5.74) is 20.2. The first-order chi connectivity index (χ1) is 27.3. The Kier molecular flexibility index (Phi) is 7.25. The Hall–Kier alpha value is -6.90. The molecule has 11 rings (SSSR count). The van der Waals surface area contributed by atoms with Crippen LogP contribution in [0.1, 0.15) is 46.4 Å². The fourth-order valence-electron chi connectivity index (χ4n) is 9.43. The molecule has 0 fully saturated rings. The van der Waals surface area contributed by atoms with Crippen molar-refractivity contribution in [2.45, 2.75) is 18.3 Å². The Bertz CT molecular complexity index is 2800. The van der Waals surface area contributed by atoms with Crippen LogP contribution in [-0.2, 0) is 5.41 Å². The number of benzene rings is 7. The minimum atomic E-state index is -0.400. The van der Waals surface area contributed by atoms with Crippen LogP contribution in [0.5, 0.6) is 0 Å². The highest BCUT2D eigenvalue weighted by molar-refractivity contribution is 5.97. The van der Waals surface area contributed by atoms with Gasteiger partial charge in [-0.25, -0.2) is 9.97 Å². The van der Waals surface area contributed by atoms with E-state index in [-0.39, 0.29) is 0 Å². The van der Waals surface area contributed by atoms with Crippen LogP contribution in [0.15, 0.2) is 194 Å². The predicted octanol–water partition coefficient (Wildman–Crippen LogP) is 13.1. The van der Waals surface area contributed by atoms with Crippen molar-refractivity contribution in [3.8, 4) is 56.0 Å². The van der Waals surface area contributed by atoms with E-state index in [1.54, 1.807) is 0 Å². The van der Waals surface area contributed by atoms with Gasteiger partial charge in [0.25, 0.3) is 0 Å². The highest BCUT2D eigenvalue weighted by atomic mass is 14.9. The van der Waals surface area contributed by atoms with Gasteiger partial charge < -0.3 is 0 Å². The van der Waals surface area contributed by atoms with E-state index in [1.165, 1.54) is 61.2 Å². The molecule has 3 aliphatic rings. The molecule has 0 radical (unpaired) electrons. The lowest BCUT2D eigenvalue weighted by atomic mass is 9.70. The molecule has 0 atom stereocenters. The molecule has 2 heteroatoms. The van der Waals surface area contributed by atoms with E-state index < -0.39 is 5.41 Å². The second kappa shape index (κ2) is 12.6. The van der Waals surface area contributed by atoms with Crippen molar-refractivity contribution < 1.29 is 0 Å². The Labute approximate surface area is 321 Å². The fourth-order valence-corrected chi connectivity index (χ4v) is 9.43. The maximum Gasteiger partial charge on any atom is 0.160 e. The van der Waals surface area contributed by atoms with Crippen LogP contribution >= 0.6 is 0 Å². The van der Waals surface area contributed by atoms with Gasteiger partial charge in [0.05, 0.1) is 16.8 Å². The molecule has 0 saturated heterocycles. The maximum atomic E-state index is 5.31. The summed E-state index contributed by atoms with van der Waals surface area (Å²) in [6, 6.07) is 66.1. The zero-order valence-corrected chi connectivity index (χ0v) is 30.3. The first-order valence-electron chi connectivity index (χ1n) is 19.2. The van der Waals surface area contributed by atoms with Crippen LogP contribution in [0.25, 0.3) is 67.2 Å². The molecule has 0 bridgehead atoms. The van der Waals surface area contributed by atoms with Gasteiger partial charge >= 0.3 is 0 Å². The average Bonchev–Trinajstić information content (AvgIpc) is 3.74. The normalized spacial score (nSPS) is 14.4. The third-order valence-corrected chi connectivity index (χ3v) is 11.8. The SMILES string of the molecule is C1=C(c2ccccc2)CCC=C1c1cc(-c2ccccc2-c2ccc3c(c2)C2(c4ccccc4-c4ccccc42)c2ccccc2-3)nc(-c2ccccc2)n1. The number of allylic oxidation sites excluding steroid dienone is 4. The van der Waals surface area contributed by atoms with Gasteiger partial charge in [-0.3, -0.25) is 0 Å². The van der Waals surface area contributed by atoms with Crippen LogP contribution < -0.4 is 0 Å². The molecule has 1 spiro atoms. The Morgan fingerprint density at radius 2 is 0.891 bits per heavy atom. The van der Waals surface area contributed by atoms with Crippen molar-refractivity contribution in [1.82, 2.24) is 9.97 Å². The second-order valence-electron chi connectivity index (χ2n) is 14.8. The zero-order valence-electron chi connectivity index (χ0n) is 30.3. The topological polar surface area (TPSA) is 25.8 Å². The van der Waals surface area contributed by atoms with Crippen molar-refractivity contribution in [2.24, 2.45) is 0 Å². The Morgan fingerprint density at radius 3 is 1.53 bits per heavy atom. The summed E-state index contributed by atoms with van der Waals surface area (Å²) < 4.78 is 0. The molecule has 0 saturated carbocycles. The van der Waals surface area contributed by atoms with Crippen molar-refractivity contribution in [3.05, 3.63) is 228 Å². The van der Waals surface area contributed by atoms with E-state index in [9.17, 15) is 0 Å². The number of hydrogen-bond donors (Lipinski definition) is 0. The molecule has 2 nitrogen and oxygen atoms in total. The summed E-state index contributed by atoms with van der Waals surface area (Å²) in [6.07, 6.45) is 6.63. The van der Waals surface area contributed by atoms with Gasteiger partial charge in [0.15, 0.2) is 5.82 Å². The lowest BCUT2D eigenvalue weighted by Gasteiger charge is -2.30. The third-order valence-electron chi connectivity index (χ3n) is 11.8. The quantitative estimate of drug-likeness (QED) is 0.179. The molecule has 0 amide bonds. The molecule has 55 heavy (non-hydrogen) atoms. The molecule has 8 aromatic rings. The van der Waals surface area contributed by atoms with Crippen molar-refractivity contribution in [2.75, 3.05) is 0 Å². The number of rotatable bonds is 5. The number of hydrogen-bond acceptors (Lipinski definition) is 2. The molecule has 0 aliphatic heterocycles. The fraction of sp³-hybridized carbons (Fsp3) is 0.0566. The standard InChI is InChI=1S/C53H36N2/c1-3-16-35(17-4-1)37-20-15-21-39(32-37)50-34-51(55-52(54-50)36-18-5-2-6-19-36)45-26-8-7-22-40(45)38-30-31-44-43-25-11-14-29-48(43)53(49(44)33-38)46-27-12-9-23-41(46)42-24-10-13-28-47(42)53/h1-14,16-19,21-34H,15,20H2. The van der Waals surface area contributed by atoms with Gasteiger partial charge in [-0.1, -0.05) is 176 Å². The van der Waals surface area contributed by atoms with E-state index in [2.05, 4.69) is 188 Å². The van der Waals surface area contributed by atoms with Crippen LogP contribution in [0.3, 0.4) is 0 Å². The van der Waals surface area contributed by atoms with Gasteiger partial charge in [-0.05, 0) is 103 Å². The molecular formula is C53H36N2. The maximum absolute atomic E-state index is 5.31. The minimum Gasteiger partial charge on any atom is -0.228 e. The van der Waals surface area contributed by atoms with Crippen LogP contribution in [0, 0.1) is 0 Å². The lowest BCUT2D eigenvalue weighted by Crippen LogP contribution is -2.25. The molecule has 3 aliphatic carbocycles. The van der Waals surface area contributed by atoms with Crippen LogP contribution in [0.2, 0.25) is 0 Å². The van der Waals surface area contributed by atoms with E-state index in [0.717, 1.165) is 52.3 Å². The Morgan fingerprint density at radius 1 is 0.382 bits per heavy atom. The second-order valence-corrected chi connectivity index (χ2v) is 14.8. The average molecular weight is 701 g/mol. The summed E-state index contributed by atoms with van der Waals surface area (Å²) in [5.74, 6) is 0.728. The zero-order chi connectivity index (χ0) is 36.3. The van der Waals surface area contributed by atoms with E-state index >= 15 is 0 Å². The number of aromatic nitrogens is 2. The summed E-state index contributed by atoms with van der Waals surface area (Å²) >= 11 is 0. The largest absolute Gasteiger partial charge is 0.228 e. The molecule has 0 unspecified atom stereocenters. The molecule has 7 aromatic carbocycles. The molecule has 1 aromatic heterocycles. The van der Waals surface area contributed by atoms with Crippen molar-refractivity contribution in [3.63, 3.8) is 0 Å². The van der Waals surface area contributed by atoms with Gasteiger partial charge in [0, 0.05) is 11.1 Å². The summed E-state index contributed by atoms with van der Waals surface area (Å²) in [7, 11) is 0. The van der Waals surface area contributed by atoms with Crippen molar-refractivity contribution in [1.29, 1.82) is 0 Å². The monoisotopic (exact) mass is 700 g/mol. The minimum absolute atomic E-state index is 0.400. The van der Waals surface area contributed by atoms with E-state index in [4.69, 9.17) is 9.97 Å². The van der Waals surface area contributed by atoms with Gasteiger partial charge in [0.2, 0.25) is 0 Å². The summed E-state index contributed by atoms with van der Waals surface area (Å²) in [5, 5.41) is 0.